The van der Waals surface area contributed by atoms with Crippen LogP contribution in [-0.4, -0.2) is 12.4 Å². The van der Waals surface area contributed by atoms with Gasteiger partial charge in [-0.3, -0.25) is 0 Å². The number of hydrogen-bond donors (Lipinski definition) is 1. The molecule has 1 aromatic rings. The molecule has 1 aromatic carbocycles. The first kappa shape index (κ1) is 10.8. The molecule has 0 heterocycles. The third-order valence-electron chi connectivity index (χ3n) is 1.58. The van der Waals surface area contributed by atoms with Crippen molar-refractivity contribution in [3.8, 4) is 0 Å². The Hall–Kier alpha value is -0.310. The van der Waals surface area contributed by atoms with Crippen LogP contribution in [0.3, 0.4) is 0 Å². The molecule has 1 nitrogen and oxygen atoms in total. The van der Waals surface area contributed by atoms with Crippen molar-refractivity contribution in [3.63, 3.8) is 0 Å². The Morgan fingerprint density at radius 1 is 1.38 bits per heavy atom. The van der Waals surface area contributed by atoms with E-state index in [4.69, 9.17) is 23.2 Å². The van der Waals surface area contributed by atoms with Crippen molar-refractivity contribution in [2.75, 3.05) is 12.4 Å². The van der Waals surface area contributed by atoms with E-state index in [0.29, 0.717) is 19.0 Å². The summed E-state index contributed by atoms with van der Waals surface area (Å²) in [6.45, 7) is 1.33. The van der Waals surface area contributed by atoms with Crippen molar-refractivity contribution < 1.29 is 4.39 Å². The van der Waals surface area contributed by atoms with Crippen LogP contribution in [0.4, 0.5) is 4.39 Å². The standard InChI is InChI=1S/C9H10Cl2FN/c10-3-4-13-6-7-1-2-8(11)9(12)5-7/h1-2,5,13H,3-4,6H2. The molecule has 0 radical (unpaired) electrons. The number of rotatable bonds is 4. The van der Waals surface area contributed by atoms with E-state index >= 15 is 0 Å². The van der Waals surface area contributed by atoms with Gasteiger partial charge in [-0.1, -0.05) is 17.7 Å². The van der Waals surface area contributed by atoms with Crippen LogP contribution >= 0.6 is 23.2 Å². The fourth-order valence-corrected chi connectivity index (χ4v) is 1.20. The number of hydrogen-bond acceptors (Lipinski definition) is 1. The summed E-state index contributed by atoms with van der Waals surface area (Å²) in [6.07, 6.45) is 0. The second-order valence-electron chi connectivity index (χ2n) is 2.61. The van der Waals surface area contributed by atoms with Gasteiger partial charge in [0.25, 0.3) is 0 Å². The highest BCUT2D eigenvalue weighted by Crippen LogP contribution is 2.15. The molecular formula is C9H10Cl2FN. The summed E-state index contributed by atoms with van der Waals surface area (Å²) in [6, 6.07) is 4.75. The molecule has 0 fully saturated rings. The maximum Gasteiger partial charge on any atom is 0.142 e. The van der Waals surface area contributed by atoms with Crippen molar-refractivity contribution in [1.29, 1.82) is 0 Å². The molecule has 13 heavy (non-hydrogen) atoms. The Labute approximate surface area is 86.8 Å². The van der Waals surface area contributed by atoms with Crippen LogP contribution in [0, 0.1) is 5.82 Å². The van der Waals surface area contributed by atoms with Crippen LogP contribution in [-0.2, 0) is 6.54 Å². The molecule has 72 valence electrons. The van der Waals surface area contributed by atoms with Crippen molar-refractivity contribution in [2.24, 2.45) is 0 Å². The largest absolute Gasteiger partial charge is 0.311 e. The minimum Gasteiger partial charge on any atom is -0.311 e. The van der Waals surface area contributed by atoms with Crippen molar-refractivity contribution in [2.45, 2.75) is 6.54 Å². The average molecular weight is 222 g/mol. The first-order chi connectivity index (χ1) is 6.24. The predicted octanol–water partition coefficient (Wildman–Crippen LogP) is 2.81. The third kappa shape index (κ3) is 3.51. The second kappa shape index (κ2) is 5.43. The molecule has 0 spiro atoms. The highest BCUT2D eigenvalue weighted by molar-refractivity contribution is 6.30. The Balaban J connectivity index is 2.53. The summed E-state index contributed by atoms with van der Waals surface area (Å²) in [5.41, 5.74) is 0.868. The van der Waals surface area contributed by atoms with Gasteiger partial charge in [-0.25, -0.2) is 4.39 Å². The van der Waals surface area contributed by atoms with E-state index < -0.39 is 0 Å². The van der Waals surface area contributed by atoms with Gasteiger partial charge in [0, 0.05) is 19.0 Å². The monoisotopic (exact) mass is 221 g/mol. The van der Waals surface area contributed by atoms with Gasteiger partial charge in [0.2, 0.25) is 0 Å². The SMILES string of the molecule is Fc1cc(CNCCCl)ccc1Cl. The summed E-state index contributed by atoms with van der Waals surface area (Å²) < 4.78 is 12.9. The molecule has 0 amide bonds. The fraction of sp³-hybridized carbons (Fsp3) is 0.333. The lowest BCUT2D eigenvalue weighted by Crippen LogP contribution is -2.15. The molecule has 1 N–H and O–H groups in total. The number of benzene rings is 1. The molecule has 4 heteroatoms. The molecule has 0 atom stereocenters. The van der Waals surface area contributed by atoms with Gasteiger partial charge >= 0.3 is 0 Å². The lowest BCUT2D eigenvalue weighted by molar-refractivity contribution is 0.622. The summed E-state index contributed by atoms with van der Waals surface area (Å²) in [4.78, 5) is 0. The van der Waals surface area contributed by atoms with Crippen LogP contribution in [0.2, 0.25) is 5.02 Å². The van der Waals surface area contributed by atoms with Gasteiger partial charge < -0.3 is 5.32 Å². The normalized spacial score (nSPS) is 10.4. The van der Waals surface area contributed by atoms with E-state index in [9.17, 15) is 4.39 Å². The van der Waals surface area contributed by atoms with E-state index in [0.717, 1.165) is 5.56 Å². The predicted molar refractivity (Wildman–Crippen MR) is 53.8 cm³/mol. The van der Waals surface area contributed by atoms with E-state index in [1.165, 1.54) is 6.07 Å². The van der Waals surface area contributed by atoms with Gasteiger partial charge in [0.15, 0.2) is 0 Å². The summed E-state index contributed by atoms with van der Waals surface area (Å²) in [5.74, 6) is 0.169. The Morgan fingerprint density at radius 2 is 2.15 bits per heavy atom. The molecule has 0 bridgehead atoms. The third-order valence-corrected chi connectivity index (χ3v) is 2.08. The molecule has 0 saturated heterocycles. The molecule has 1 rings (SSSR count). The summed E-state index contributed by atoms with van der Waals surface area (Å²) >= 11 is 11.0. The maximum absolute atomic E-state index is 12.9. The number of alkyl halides is 1. The molecule has 0 unspecified atom stereocenters. The van der Waals surface area contributed by atoms with Gasteiger partial charge in [-0.05, 0) is 17.7 Å². The Bertz CT molecular complexity index is 278. The molecule has 0 aliphatic carbocycles. The second-order valence-corrected chi connectivity index (χ2v) is 3.40. The van der Waals surface area contributed by atoms with Gasteiger partial charge in [-0.2, -0.15) is 0 Å². The summed E-state index contributed by atoms with van der Waals surface area (Å²) in [5, 5.41) is 3.21. The molecule has 0 saturated carbocycles. The number of nitrogens with one attached hydrogen (secondary N) is 1. The van der Waals surface area contributed by atoms with Crippen molar-refractivity contribution >= 4 is 23.2 Å². The minimum absolute atomic E-state index is 0.154. The zero-order valence-corrected chi connectivity index (χ0v) is 8.50. The zero-order chi connectivity index (χ0) is 9.68. The van der Waals surface area contributed by atoms with E-state index in [-0.39, 0.29) is 10.8 Å². The van der Waals surface area contributed by atoms with Crippen molar-refractivity contribution in [3.05, 3.63) is 34.6 Å². The van der Waals surface area contributed by atoms with Crippen LogP contribution in [0.1, 0.15) is 5.56 Å². The lowest BCUT2D eigenvalue weighted by Gasteiger charge is -2.03. The van der Waals surface area contributed by atoms with Crippen LogP contribution < -0.4 is 5.32 Å². The quantitative estimate of drug-likeness (QED) is 0.610. The van der Waals surface area contributed by atoms with E-state index in [2.05, 4.69) is 5.32 Å². The highest BCUT2D eigenvalue weighted by Gasteiger charge is 1.99. The van der Waals surface area contributed by atoms with E-state index in [1.807, 2.05) is 0 Å². The average Bonchev–Trinajstić information content (AvgIpc) is 2.12. The van der Waals surface area contributed by atoms with Gasteiger partial charge in [0.1, 0.15) is 5.82 Å². The maximum atomic E-state index is 12.9. The summed E-state index contributed by atoms with van der Waals surface area (Å²) in [7, 11) is 0. The highest BCUT2D eigenvalue weighted by atomic mass is 35.5. The Morgan fingerprint density at radius 3 is 2.77 bits per heavy atom. The molecule has 0 aliphatic heterocycles. The van der Waals surface area contributed by atoms with E-state index in [1.54, 1.807) is 12.1 Å². The topological polar surface area (TPSA) is 12.0 Å². The van der Waals surface area contributed by atoms with Crippen molar-refractivity contribution in [1.82, 2.24) is 5.32 Å². The molecule has 0 aromatic heterocycles. The first-order valence-corrected chi connectivity index (χ1v) is 4.86. The zero-order valence-electron chi connectivity index (χ0n) is 6.99. The van der Waals surface area contributed by atoms with Crippen LogP contribution in [0.25, 0.3) is 0 Å². The van der Waals surface area contributed by atoms with Crippen LogP contribution in [0.5, 0.6) is 0 Å². The minimum atomic E-state index is -0.383. The molecule has 0 aliphatic rings. The van der Waals surface area contributed by atoms with Gasteiger partial charge in [-0.15, -0.1) is 11.6 Å². The lowest BCUT2D eigenvalue weighted by atomic mass is 10.2. The molecular weight excluding hydrogens is 212 g/mol. The smallest absolute Gasteiger partial charge is 0.142 e. The van der Waals surface area contributed by atoms with Crippen LogP contribution in [0.15, 0.2) is 18.2 Å². The number of halogens is 3. The fourth-order valence-electron chi connectivity index (χ4n) is 0.949. The first-order valence-electron chi connectivity index (χ1n) is 3.94. The van der Waals surface area contributed by atoms with Gasteiger partial charge in [0.05, 0.1) is 5.02 Å². The Kier molecular flexibility index (Phi) is 4.50.